The molecule has 0 saturated carbocycles. The average molecular weight is 209 g/mol. The zero-order valence-electron chi connectivity index (χ0n) is 6.88. The lowest BCUT2D eigenvalue weighted by molar-refractivity contribution is -0.139. The third kappa shape index (κ3) is 3.44. The summed E-state index contributed by atoms with van der Waals surface area (Å²) in [6.45, 7) is 0.363. The highest BCUT2D eigenvalue weighted by atomic mass is 31.2. The van der Waals surface area contributed by atoms with Gasteiger partial charge in [0.15, 0.2) is 0 Å². The Morgan fingerprint density at radius 2 is 2.15 bits per heavy atom. The Balaban J connectivity index is 2.42. The van der Waals surface area contributed by atoms with Crippen LogP contribution in [-0.4, -0.2) is 39.6 Å². The van der Waals surface area contributed by atoms with Crippen LogP contribution in [0.15, 0.2) is 0 Å². The van der Waals surface area contributed by atoms with Gasteiger partial charge in [-0.25, -0.2) is 0 Å². The topological polar surface area (TPSA) is 107 Å². The van der Waals surface area contributed by atoms with Gasteiger partial charge >= 0.3 is 13.6 Å². The molecule has 0 unspecified atom stereocenters. The van der Waals surface area contributed by atoms with E-state index in [2.05, 4.69) is 5.32 Å². The molecule has 0 aromatic rings. The molecule has 1 saturated heterocycles. The third-order valence-corrected chi connectivity index (χ3v) is 3.01. The molecule has 4 N–H and O–H groups in total. The van der Waals surface area contributed by atoms with Crippen molar-refractivity contribution in [2.45, 2.75) is 12.5 Å². The minimum absolute atomic E-state index is 0.232. The molecular weight excluding hydrogens is 197 g/mol. The zero-order chi connectivity index (χ0) is 10.1. The molecular formula is C6H12NO5P. The monoisotopic (exact) mass is 209 g/mol. The molecule has 1 heterocycles. The van der Waals surface area contributed by atoms with Gasteiger partial charge in [0.25, 0.3) is 0 Å². The standard InChI is InChI=1S/C6H12NO5P/c8-6(9)5-1-4(2-7-5)3-13(10,11)12/h4-5,7H,1-3H2,(H,8,9)(H2,10,11,12)/t4-,5+/m1/s1. The predicted molar refractivity (Wildman–Crippen MR) is 44.4 cm³/mol. The van der Waals surface area contributed by atoms with E-state index in [1.807, 2.05) is 0 Å². The van der Waals surface area contributed by atoms with Crippen molar-refractivity contribution in [3.63, 3.8) is 0 Å². The van der Waals surface area contributed by atoms with Crippen molar-refractivity contribution in [3.05, 3.63) is 0 Å². The summed E-state index contributed by atoms with van der Waals surface area (Å²) in [4.78, 5) is 27.7. The number of aliphatic carboxylic acids is 1. The van der Waals surface area contributed by atoms with Gasteiger partial charge in [0.05, 0.1) is 6.16 Å². The highest BCUT2D eigenvalue weighted by Gasteiger charge is 2.32. The smallest absolute Gasteiger partial charge is 0.325 e. The van der Waals surface area contributed by atoms with Crippen molar-refractivity contribution in [1.29, 1.82) is 0 Å². The number of rotatable bonds is 3. The van der Waals surface area contributed by atoms with Crippen LogP contribution in [0.3, 0.4) is 0 Å². The van der Waals surface area contributed by atoms with Gasteiger partial charge in [-0.3, -0.25) is 9.36 Å². The molecule has 1 fully saturated rings. The Hall–Kier alpha value is -0.420. The van der Waals surface area contributed by atoms with Crippen LogP contribution in [0.1, 0.15) is 6.42 Å². The average Bonchev–Trinajstić information content (AvgIpc) is 2.31. The Bertz CT molecular complexity index is 249. The fourth-order valence-electron chi connectivity index (χ4n) is 1.47. The third-order valence-electron chi connectivity index (χ3n) is 2.02. The van der Waals surface area contributed by atoms with Crippen molar-refractivity contribution in [2.75, 3.05) is 12.7 Å². The second-order valence-corrected chi connectivity index (χ2v) is 4.94. The van der Waals surface area contributed by atoms with E-state index >= 15 is 0 Å². The van der Waals surface area contributed by atoms with Gasteiger partial charge in [-0.2, -0.15) is 0 Å². The van der Waals surface area contributed by atoms with E-state index in [0.29, 0.717) is 13.0 Å². The lowest BCUT2D eigenvalue weighted by atomic mass is 10.1. The number of hydrogen-bond donors (Lipinski definition) is 4. The second kappa shape index (κ2) is 3.75. The van der Waals surface area contributed by atoms with E-state index in [1.54, 1.807) is 0 Å². The highest BCUT2D eigenvalue weighted by Crippen LogP contribution is 2.38. The van der Waals surface area contributed by atoms with Crippen LogP contribution < -0.4 is 5.32 Å². The predicted octanol–water partition coefficient (Wildman–Crippen LogP) is -0.773. The maximum atomic E-state index is 10.6. The van der Waals surface area contributed by atoms with E-state index in [0.717, 1.165) is 0 Å². The maximum Gasteiger partial charge on any atom is 0.325 e. The van der Waals surface area contributed by atoms with Gasteiger partial charge in [-0.05, 0) is 18.9 Å². The minimum atomic E-state index is -4.00. The first-order valence-electron chi connectivity index (χ1n) is 3.89. The second-order valence-electron chi connectivity index (χ2n) is 3.25. The quantitative estimate of drug-likeness (QED) is 0.454. The molecule has 1 aliphatic heterocycles. The Labute approximate surface area is 75.1 Å². The molecule has 76 valence electrons. The van der Waals surface area contributed by atoms with Gasteiger partial charge in [0.2, 0.25) is 0 Å². The Kier molecular flexibility index (Phi) is 3.08. The van der Waals surface area contributed by atoms with Crippen LogP contribution in [0.4, 0.5) is 0 Å². The number of carboxylic acid groups (broad SMARTS) is 1. The highest BCUT2D eigenvalue weighted by molar-refractivity contribution is 7.51. The van der Waals surface area contributed by atoms with Crippen LogP contribution >= 0.6 is 7.60 Å². The van der Waals surface area contributed by atoms with Crippen LogP contribution in [0.25, 0.3) is 0 Å². The van der Waals surface area contributed by atoms with Gasteiger partial charge in [-0.1, -0.05) is 0 Å². The van der Waals surface area contributed by atoms with Crippen LogP contribution in [0.5, 0.6) is 0 Å². The first kappa shape index (κ1) is 10.7. The normalized spacial score (nSPS) is 29.1. The summed E-state index contributed by atoms with van der Waals surface area (Å²) in [5.41, 5.74) is 0. The van der Waals surface area contributed by atoms with Gasteiger partial charge < -0.3 is 20.2 Å². The zero-order valence-corrected chi connectivity index (χ0v) is 7.78. The van der Waals surface area contributed by atoms with Gasteiger partial charge in [-0.15, -0.1) is 0 Å². The molecule has 0 aliphatic carbocycles. The Morgan fingerprint density at radius 1 is 1.54 bits per heavy atom. The molecule has 13 heavy (non-hydrogen) atoms. The SMILES string of the molecule is O=C(O)[C@@H]1C[C@@H](CP(=O)(O)O)CN1. The fraction of sp³-hybridized carbons (Fsp3) is 0.833. The van der Waals surface area contributed by atoms with Crippen molar-refractivity contribution < 1.29 is 24.3 Å². The van der Waals surface area contributed by atoms with Crippen molar-refractivity contribution >= 4 is 13.6 Å². The molecule has 1 aliphatic rings. The van der Waals surface area contributed by atoms with E-state index in [-0.39, 0.29) is 12.1 Å². The maximum absolute atomic E-state index is 10.6. The number of carboxylic acids is 1. The van der Waals surface area contributed by atoms with Gasteiger partial charge in [0.1, 0.15) is 6.04 Å². The van der Waals surface area contributed by atoms with Crippen LogP contribution in [0, 0.1) is 5.92 Å². The summed E-state index contributed by atoms with van der Waals surface area (Å²) in [6, 6.07) is -0.656. The largest absolute Gasteiger partial charge is 0.480 e. The lowest BCUT2D eigenvalue weighted by Gasteiger charge is -2.08. The summed E-state index contributed by atoms with van der Waals surface area (Å²) in [5, 5.41) is 11.3. The first-order valence-corrected chi connectivity index (χ1v) is 5.69. The fourth-order valence-corrected chi connectivity index (χ4v) is 2.42. The lowest BCUT2D eigenvalue weighted by Crippen LogP contribution is -2.29. The van der Waals surface area contributed by atoms with E-state index in [9.17, 15) is 9.36 Å². The molecule has 0 radical (unpaired) electrons. The molecule has 0 aromatic carbocycles. The number of nitrogens with one attached hydrogen (secondary N) is 1. The molecule has 0 spiro atoms. The summed E-state index contributed by atoms with van der Waals surface area (Å²) in [6.07, 6.45) is 0.0597. The molecule has 0 amide bonds. The molecule has 0 aromatic heterocycles. The molecule has 1 rings (SSSR count). The summed E-state index contributed by atoms with van der Waals surface area (Å²) < 4.78 is 10.6. The first-order chi connectivity index (χ1) is 5.88. The molecule has 7 heteroatoms. The minimum Gasteiger partial charge on any atom is -0.480 e. The van der Waals surface area contributed by atoms with E-state index < -0.39 is 19.6 Å². The van der Waals surface area contributed by atoms with Gasteiger partial charge in [0, 0.05) is 0 Å². The summed E-state index contributed by atoms with van der Waals surface area (Å²) >= 11 is 0. The van der Waals surface area contributed by atoms with Crippen molar-refractivity contribution in [2.24, 2.45) is 5.92 Å². The van der Waals surface area contributed by atoms with Crippen LogP contribution in [-0.2, 0) is 9.36 Å². The van der Waals surface area contributed by atoms with E-state index in [1.165, 1.54) is 0 Å². The number of carbonyl (C=O) groups is 1. The molecule has 6 nitrogen and oxygen atoms in total. The van der Waals surface area contributed by atoms with E-state index in [4.69, 9.17) is 14.9 Å². The Morgan fingerprint density at radius 3 is 2.54 bits per heavy atom. The molecule has 2 atom stereocenters. The number of hydrogen-bond acceptors (Lipinski definition) is 3. The van der Waals surface area contributed by atoms with Crippen molar-refractivity contribution in [3.8, 4) is 0 Å². The van der Waals surface area contributed by atoms with Crippen molar-refractivity contribution in [1.82, 2.24) is 5.32 Å². The summed E-state index contributed by atoms with van der Waals surface area (Å²) in [5.74, 6) is -1.20. The van der Waals surface area contributed by atoms with Crippen LogP contribution in [0.2, 0.25) is 0 Å². The summed E-state index contributed by atoms with van der Waals surface area (Å²) in [7, 11) is -4.00. The molecule has 0 bridgehead atoms.